The van der Waals surface area contributed by atoms with Crippen LogP contribution < -0.4 is 22.2 Å². The van der Waals surface area contributed by atoms with Crippen LogP contribution in [0.25, 0.3) is 70.6 Å². The maximum absolute atomic E-state index is 13.2. The van der Waals surface area contributed by atoms with E-state index in [1.807, 2.05) is 54.6 Å². The van der Waals surface area contributed by atoms with Gasteiger partial charge in [-0.2, -0.15) is 0 Å². The maximum Gasteiger partial charge on any atom is 0.261 e. The van der Waals surface area contributed by atoms with E-state index in [9.17, 15) is 19.2 Å². The van der Waals surface area contributed by atoms with Crippen LogP contribution in [0.2, 0.25) is 0 Å². The second-order valence-corrected chi connectivity index (χ2v) is 10.1. The first kappa shape index (κ1) is 21.8. The first-order chi connectivity index (χ1) is 18.9. The van der Waals surface area contributed by atoms with E-state index in [-0.39, 0.29) is 22.2 Å². The summed E-state index contributed by atoms with van der Waals surface area (Å²) in [5.41, 5.74) is 1.09. The van der Waals surface area contributed by atoms with E-state index in [0.29, 0.717) is 32.3 Å². The van der Waals surface area contributed by atoms with Crippen LogP contribution in [0, 0.1) is 0 Å². The van der Waals surface area contributed by atoms with Gasteiger partial charge in [0.1, 0.15) is 0 Å². The fourth-order valence-corrected chi connectivity index (χ4v) is 6.38. The Morgan fingerprint density at radius 1 is 0.410 bits per heavy atom. The fourth-order valence-electron chi connectivity index (χ4n) is 6.38. The first-order valence-electron chi connectivity index (χ1n) is 12.6. The average Bonchev–Trinajstić information content (AvgIpc) is 3.09. The molecule has 0 saturated heterocycles. The molecular formula is C32H19N3O4. The summed E-state index contributed by atoms with van der Waals surface area (Å²) >= 11 is 0. The molecule has 0 saturated carbocycles. The van der Waals surface area contributed by atoms with Crippen molar-refractivity contribution in [2.24, 2.45) is 14.1 Å². The van der Waals surface area contributed by atoms with Gasteiger partial charge in [-0.15, -0.1) is 0 Å². The van der Waals surface area contributed by atoms with E-state index in [2.05, 4.69) is 4.57 Å². The third-order valence-corrected chi connectivity index (χ3v) is 8.20. The quantitative estimate of drug-likeness (QED) is 0.329. The first-order valence-corrected chi connectivity index (χ1v) is 12.6. The van der Waals surface area contributed by atoms with Crippen LogP contribution in [0.1, 0.15) is 0 Å². The number of pyridine rings is 2. The van der Waals surface area contributed by atoms with E-state index >= 15 is 0 Å². The van der Waals surface area contributed by atoms with Crippen LogP contribution in [-0.2, 0) is 14.1 Å². The number of para-hydroxylation sites is 1. The molecule has 0 amide bonds. The van der Waals surface area contributed by atoms with Crippen molar-refractivity contribution in [2.75, 3.05) is 0 Å². The molecule has 0 aliphatic heterocycles. The van der Waals surface area contributed by atoms with Gasteiger partial charge in [-0.3, -0.25) is 28.3 Å². The van der Waals surface area contributed by atoms with Gasteiger partial charge in [0, 0.05) is 62.9 Å². The molecule has 0 radical (unpaired) electrons. The van der Waals surface area contributed by atoms with Crippen LogP contribution >= 0.6 is 0 Å². The summed E-state index contributed by atoms with van der Waals surface area (Å²) in [4.78, 5) is 53.0. The highest BCUT2D eigenvalue weighted by Crippen LogP contribution is 2.41. The normalized spacial score (nSPS) is 12.3. The third kappa shape index (κ3) is 2.51. The topological polar surface area (TPSA) is 83.1 Å². The lowest BCUT2D eigenvalue weighted by atomic mass is 9.94. The number of fused-ring (bicyclic) bond motifs is 1. The zero-order chi connectivity index (χ0) is 26.7. The monoisotopic (exact) mass is 509 g/mol. The van der Waals surface area contributed by atoms with Gasteiger partial charge in [0.05, 0.1) is 11.0 Å². The highest BCUT2D eigenvalue weighted by Gasteiger charge is 2.22. The summed E-state index contributed by atoms with van der Waals surface area (Å²) in [5.74, 6) is 0. The molecule has 0 atom stereocenters. The Labute approximate surface area is 218 Å². The van der Waals surface area contributed by atoms with Gasteiger partial charge in [0.25, 0.3) is 22.2 Å². The van der Waals surface area contributed by atoms with Crippen molar-refractivity contribution in [2.45, 2.75) is 0 Å². The molecule has 8 rings (SSSR count). The standard InChI is InChI=1S/C32H19N3O4/c1-33-29(36)19-10-8-17-18-9-11-20-26-22(32(39)34(2)30(20)37)13-15-24(28(18)26)35(16-6-4-3-5-7-16)23-14-12-21(31(33)38)25(19)27(17)23/h3-15H,1-2H3. The summed E-state index contributed by atoms with van der Waals surface area (Å²) < 4.78 is 4.39. The zero-order valence-electron chi connectivity index (χ0n) is 21.0. The summed E-state index contributed by atoms with van der Waals surface area (Å²) in [6, 6.07) is 24.6. The largest absolute Gasteiger partial charge is 0.309 e. The lowest BCUT2D eigenvalue weighted by molar-refractivity contribution is 0.841. The number of benzene rings is 5. The summed E-state index contributed by atoms with van der Waals surface area (Å²) in [6.45, 7) is 0. The predicted octanol–water partition coefficient (Wildman–Crippen LogP) is 4.39. The van der Waals surface area contributed by atoms with Gasteiger partial charge < -0.3 is 4.57 Å². The van der Waals surface area contributed by atoms with Crippen molar-refractivity contribution in [3.05, 3.63) is 120 Å². The van der Waals surface area contributed by atoms with Gasteiger partial charge in [-0.25, -0.2) is 0 Å². The molecule has 39 heavy (non-hydrogen) atoms. The van der Waals surface area contributed by atoms with Crippen LogP contribution in [0.3, 0.4) is 0 Å². The molecule has 7 heteroatoms. The smallest absolute Gasteiger partial charge is 0.261 e. The lowest BCUT2D eigenvalue weighted by Crippen LogP contribution is -2.30. The van der Waals surface area contributed by atoms with Crippen LogP contribution in [0.5, 0.6) is 0 Å². The summed E-state index contributed by atoms with van der Waals surface area (Å²) in [6.07, 6.45) is 0. The molecule has 0 N–H and O–H groups in total. The van der Waals surface area contributed by atoms with Gasteiger partial charge in [0.2, 0.25) is 0 Å². The number of hydrogen-bond donors (Lipinski definition) is 0. The molecule has 0 bridgehead atoms. The summed E-state index contributed by atoms with van der Waals surface area (Å²) in [5, 5.41) is 6.32. The molecular weight excluding hydrogens is 490 g/mol. The summed E-state index contributed by atoms with van der Waals surface area (Å²) in [7, 11) is 3.00. The minimum atomic E-state index is -0.347. The van der Waals surface area contributed by atoms with Crippen molar-refractivity contribution < 1.29 is 0 Å². The molecule has 0 fully saturated rings. The molecule has 3 heterocycles. The predicted molar refractivity (Wildman–Crippen MR) is 156 cm³/mol. The Bertz CT molecular complexity index is 2370. The Kier molecular flexibility index (Phi) is 4.00. The number of rotatable bonds is 1. The van der Waals surface area contributed by atoms with Gasteiger partial charge in [-0.1, -0.05) is 30.3 Å². The molecule has 0 unspecified atom stereocenters. The average molecular weight is 510 g/mol. The van der Waals surface area contributed by atoms with Crippen LogP contribution in [-0.4, -0.2) is 13.7 Å². The van der Waals surface area contributed by atoms with Crippen LogP contribution in [0.4, 0.5) is 0 Å². The lowest BCUT2D eigenvalue weighted by Gasteiger charge is -2.15. The van der Waals surface area contributed by atoms with Gasteiger partial charge in [0.15, 0.2) is 0 Å². The van der Waals surface area contributed by atoms with Crippen molar-refractivity contribution in [1.29, 1.82) is 0 Å². The molecule has 8 aromatic rings. The van der Waals surface area contributed by atoms with E-state index < -0.39 is 0 Å². The Morgan fingerprint density at radius 2 is 0.769 bits per heavy atom. The second kappa shape index (κ2) is 7.17. The van der Waals surface area contributed by atoms with E-state index in [1.54, 1.807) is 24.3 Å². The van der Waals surface area contributed by atoms with Crippen molar-refractivity contribution in [3.63, 3.8) is 0 Å². The van der Waals surface area contributed by atoms with Crippen molar-refractivity contribution >= 4 is 64.9 Å². The molecule has 0 aliphatic carbocycles. The number of hydrogen-bond acceptors (Lipinski definition) is 4. The second-order valence-electron chi connectivity index (χ2n) is 10.1. The molecule has 3 aromatic heterocycles. The minimum Gasteiger partial charge on any atom is -0.309 e. The molecule has 0 spiro atoms. The third-order valence-electron chi connectivity index (χ3n) is 8.20. The van der Waals surface area contributed by atoms with E-state index in [4.69, 9.17) is 0 Å². The highest BCUT2D eigenvalue weighted by atomic mass is 16.2. The fraction of sp³-hybridized carbons (Fsp3) is 0.0625. The highest BCUT2D eigenvalue weighted by molar-refractivity contribution is 6.32. The van der Waals surface area contributed by atoms with Gasteiger partial charge in [-0.05, 0) is 59.3 Å². The Hall–Kier alpha value is -5.30. The minimum absolute atomic E-state index is 0.347. The molecule has 7 nitrogen and oxygen atoms in total. The Balaban J connectivity index is 1.83. The van der Waals surface area contributed by atoms with E-state index in [1.165, 1.54) is 14.1 Å². The molecule has 186 valence electrons. The SMILES string of the molecule is Cn1c(=O)c2ccc3c4ccc5c(=O)n(C)c(=O)c6ccc(c4c56)n(-c4ccccc4)c4ccc(c1=O)c2c34. The molecule has 0 aliphatic rings. The Morgan fingerprint density at radius 3 is 1.18 bits per heavy atom. The van der Waals surface area contributed by atoms with Crippen molar-refractivity contribution in [1.82, 2.24) is 13.7 Å². The number of aromatic nitrogens is 3. The zero-order valence-corrected chi connectivity index (χ0v) is 21.0. The maximum atomic E-state index is 13.2. The van der Waals surface area contributed by atoms with Crippen molar-refractivity contribution in [3.8, 4) is 5.69 Å². The van der Waals surface area contributed by atoms with E-state index in [0.717, 1.165) is 47.4 Å². The van der Waals surface area contributed by atoms with Gasteiger partial charge >= 0.3 is 0 Å². The van der Waals surface area contributed by atoms with Crippen LogP contribution in [0.15, 0.2) is 98.0 Å². The molecule has 5 aromatic carbocycles. The number of nitrogens with zero attached hydrogens (tertiary/aromatic N) is 3.